The normalized spacial score (nSPS) is 12.7. The Balaban J connectivity index is 2.26. The molecular weight excluding hydrogens is 230 g/mol. The Bertz CT molecular complexity index is 326. The molecule has 108 valence electrons. The molecule has 0 saturated carbocycles. The second-order valence-corrected chi connectivity index (χ2v) is 6.02. The first kappa shape index (κ1) is 16.1. The van der Waals surface area contributed by atoms with E-state index >= 15 is 0 Å². The molecule has 0 heterocycles. The van der Waals surface area contributed by atoms with E-state index in [0.29, 0.717) is 12.0 Å². The summed E-state index contributed by atoms with van der Waals surface area (Å²) in [4.78, 5) is 0. The van der Waals surface area contributed by atoms with Crippen molar-refractivity contribution in [2.45, 2.75) is 78.2 Å². The number of benzene rings is 1. The first-order valence-electron chi connectivity index (χ1n) is 8.00. The zero-order valence-electron chi connectivity index (χ0n) is 13.2. The Hall–Kier alpha value is -0.980. The molecule has 0 radical (unpaired) electrons. The van der Waals surface area contributed by atoms with E-state index in [2.05, 4.69) is 57.3 Å². The van der Waals surface area contributed by atoms with Gasteiger partial charge in [0.25, 0.3) is 0 Å². The SMILES string of the molecule is CCCCCCCC(C)Nc1ccc(C(C)C)cc1. The molecule has 0 fully saturated rings. The lowest BCUT2D eigenvalue weighted by molar-refractivity contribution is 0.578. The average molecular weight is 261 g/mol. The molecule has 0 spiro atoms. The van der Waals surface area contributed by atoms with Crippen LogP contribution in [0.4, 0.5) is 5.69 Å². The average Bonchev–Trinajstić information content (AvgIpc) is 2.39. The van der Waals surface area contributed by atoms with Crippen molar-refractivity contribution in [1.29, 1.82) is 0 Å². The Kier molecular flexibility index (Phi) is 7.62. The topological polar surface area (TPSA) is 12.0 Å². The maximum absolute atomic E-state index is 3.60. The van der Waals surface area contributed by atoms with Gasteiger partial charge in [-0.15, -0.1) is 0 Å². The fourth-order valence-electron chi connectivity index (χ4n) is 2.38. The molecule has 0 aliphatic carbocycles. The molecule has 1 unspecified atom stereocenters. The summed E-state index contributed by atoms with van der Waals surface area (Å²) in [7, 11) is 0. The molecule has 1 nitrogen and oxygen atoms in total. The zero-order chi connectivity index (χ0) is 14.1. The van der Waals surface area contributed by atoms with Crippen LogP contribution in [0.25, 0.3) is 0 Å². The molecule has 1 N–H and O–H groups in total. The molecule has 0 amide bonds. The van der Waals surface area contributed by atoms with Crippen LogP contribution in [0.3, 0.4) is 0 Å². The number of hydrogen-bond donors (Lipinski definition) is 1. The van der Waals surface area contributed by atoms with Crippen LogP contribution in [-0.4, -0.2) is 6.04 Å². The van der Waals surface area contributed by atoms with E-state index in [1.807, 2.05) is 0 Å². The van der Waals surface area contributed by atoms with E-state index < -0.39 is 0 Å². The lowest BCUT2D eigenvalue weighted by Gasteiger charge is -2.16. The third-order valence-electron chi connectivity index (χ3n) is 3.73. The van der Waals surface area contributed by atoms with Crippen LogP contribution in [0.1, 0.15) is 77.7 Å². The minimum absolute atomic E-state index is 0.575. The van der Waals surface area contributed by atoms with Crippen molar-refractivity contribution in [3.05, 3.63) is 29.8 Å². The fraction of sp³-hybridized carbons (Fsp3) is 0.667. The first-order valence-corrected chi connectivity index (χ1v) is 8.00. The van der Waals surface area contributed by atoms with E-state index in [1.54, 1.807) is 0 Å². The van der Waals surface area contributed by atoms with Crippen molar-refractivity contribution in [2.75, 3.05) is 5.32 Å². The molecular formula is C18H31N. The maximum Gasteiger partial charge on any atom is 0.0342 e. The molecule has 1 heteroatoms. The quantitative estimate of drug-likeness (QED) is 0.540. The maximum atomic E-state index is 3.60. The van der Waals surface area contributed by atoms with Gasteiger partial charge in [0.05, 0.1) is 0 Å². The second kappa shape index (κ2) is 9.01. The summed E-state index contributed by atoms with van der Waals surface area (Å²) in [6.07, 6.45) is 8.11. The summed E-state index contributed by atoms with van der Waals surface area (Å²) in [5.74, 6) is 0.616. The smallest absolute Gasteiger partial charge is 0.0342 e. The second-order valence-electron chi connectivity index (χ2n) is 6.02. The molecule has 1 aromatic rings. The lowest BCUT2D eigenvalue weighted by atomic mass is 10.0. The van der Waals surface area contributed by atoms with E-state index in [1.165, 1.54) is 49.8 Å². The molecule has 0 saturated heterocycles. The molecule has 0 bridgehead atoms. The zero-order valence-corrected chi connectivity index (χ0v) is 13.2. The van der Waals surface area contributed by atoms with Crippen LogP contribution < -0.4 is 5.32 Å². The first-order chi connectivity index (χ1) is 9.13. The predicted octanol–water partition coefficient (Wildman–Crippen LogP) is 5.97. The third kappa shape index (κ3) is 6.66. The monoisotopic (exact) mass is 261 g/mol. The summed E-state index contributed by atoms with van der Waals surface area (Å²) < 4.78 is 0. The standard InChI is InChI=1S/C18H31N/c1-5-6-7-8-9-10-16(4)19-18-13-11-17(12-14-18)15(2)3/h11-16,19H,5-10H2,1-4H3. The van der Waals surface area contributed by atoms with Crippen LogP contribution in [0.2, 0.25) is 0 Å². The molecule has 0 aliphatic heterocycles. The summed E-state index contributed by atoms with van der Waals surface area (Å²) in [5.41, 5.74) is 2.67. The predicted molar refractivity (Wildman–Crippen MR) is 87.0 cm³/mol. The number of hydrogen-bond acceptors (Lipinski definition) is 1. The molecule has 0 aromatic heterocycles. The fourth-order valence-corrected chi connectivity index (χ4v) is 2.38. The van der Waals surface area contributed by atoms with Crippen molar-refractivity contribution >= 4 is 5.69 Å². The third-order valence-corrected chi connectivity index (χ3v) is 3.73. The highest BCUT2D eigenvalue weighted by atomic mass is 14.9. The summed E-state index contributed by atoms with van der Waals surface area (Å²) >= 11 is 0. The van der Waals surface area contributed by atoms with E-state index in [-0.39, 0.29) is 0 Å². The van der Waals surface area contributed by atoms with E-state index in [4.69, 9.17) is 0 Å². The minimum Gasteiger partial charge on any atom is -0.383 e. The van der Waals surface area contributed by atoms with Crippen molar-refractivity contribution in [2.24, 2.45) is 0 Å². The van der Waals surface area contributed by atoms with Crippen LogP contribution in [-0.2, 0) is 0 Å². The van der Waals surface area contributed by atoms with Gasteiger partial charge in [0.1, 0.15) is 0 Å². The van der Waals surface area contributed by atoms with Gasteiger partial charge in [-0.1, -0.05) is 65.0 Å². The molecule has 1 aromatic carbocycles. The number of unbranched alkanes of at least 4 members (excludes halogenated alkanes) is 4. The molecule has 1 rings (SSSR count). The molecule has 19 heavy (non-hydrogen) atoms. The summed E-state index contributed by atoms with van der Waals surface area (Å²) in [5, 5.41) is 3.60. The van der Waals surface area contributed by atoms with Gasteiger partial charge in [-0.2, -0.15) is 0 Å². The van der Waals surface area contributed by atoms with Crippen LogP contribution >= 0.6 is 0 Å². The summed E-state index contributed by atoms with van der Waals surface area (Å²) in [6, 6.07) is 9.47. The number of anilines is 1. The van der Waals surface area contributed by atoms with Crippen molar-refractivity contribution < 1.29 is 0 Å². The van der Waals surface area contributed by atoms with E-state index in [9.17, 15) is 0 Å². The highest BCUT2D eigenvalue weighted by molar-refractivity contribution is 5.45. The lowest BCUT2D eigenvalue weighted by Crippen LogP contribution is -2.14. The Morgan fingerprint density at radius 1 is 0.895 bits per heavy atom. The number of rotatable bonds is 9. The Labute approximate surface area is 119 Å². The Morgan fingerprint density at radius 2 is 1.53 bits per heavy atom. The molecule has 0 aliphatic rings. The van der Waals surface area contributed by atoms with Gasteiger partial charge in [-0.25, -0.2) is 0 Å². The van der Waals surface area contributed by atoms with Crippen LogP contribution in [0.5, 0.6) is 0 Å². The molecule has 1 atom stereocenters. The Morgan fingerprint density at radius 3 is 2.11 bits per heavy atom. The number of nitrogens with one attached hydrogen (secondary N) is 1. The van der Waals surface area contributed by atoms with Crippen molar-refractivity contribution in [1.82, 2.24) is 0 Å². The van der Waals surface area contributed by atoms with Gasteiger partial charge in [-0.05, 0) is 37.0 Å². The van der Waals surface area contributed by atoms with Crippen molar-refractivity contribution in [3.8, 4) is 0 Å². The van der Waals surface area contributed by atoms with Gasteiger partial charge in [0.15, 0.2) is 0 Å². The highest BCUT2D eigenvalue weighted by Gasteiger charge is 2.03. The van der Waals surface area contributed by atoms with Gasteiger partial charge < -0.3 is 5.32 Å². The van der Waals surface area contributed by atoms with Gasteiger partial charge >= 0.3 is 0 Å². The van der Waals surface area contributed by atoms with E-state index in [0.717, 1.165) is 0 Å². The van der Waals surface area contributed by atoms with Gasteiger partial charge in [-0.3, -0.25) is 0 Å². The van der Waals surface area contributed by atoms with Gasteiger partial charge in [0, 0.05) is 11.7 Å². The van der Waals surface area contributed by atoms with Crippen molar-refractivity contribution in [3.63, 3.8) is 0 Å². The minimum atomic E-state index is 0.575. The van der Waals surface area contributed by atoms with Gasteiger partial charge in [0.2, 0.25) is 0 Å². The largest absolute Gasteiger partial charge is 0.383 e. The van der Waals surface area contributed by atoms with Crippen LogP contribution in [0.15, 0.2) is 24.3 Å². The highest BCUT2D eigenvalue weighted by Crippen LogP contribution is 2.18. The summed E-state index contributed by atoms with van der Waals surface area (Å²) in [6.45, 7) is 9.03. The van der Waals surface area contributed by atoms with Crippen LogP contribution in [0, 0.1) is 0 Å².